The zero-order chi connectivity index (χ0) is 15.8. The fourth-order valence-electron chi connectivity index (χ4n) is 3.01. The fourth-order valence-corrected chi connectivity index (χ4v) is 3.28. The third-order valence-electron chi connectivity index (χ3n) is 4.13. The number of benzene rings is 1. The lowest BCUT2D eigenvalue weighted by atomic mass is 9.83. The van der Waals surface area contributed by atoms with Gasteiger partial charge in [-0.05, 0) is 30.4 Å². The molecule has 0 atom stereocenters. The van der Waals surface area contributed by atoms with Gasteiger partial charge in [-0.15, -0.1) is 0 Å². The Labute approximate surface area is 130 Å². The number of carboxylic acids is 1. The van der Waals surface area contributed by atoms with Crippen LogP contribution >= 0.6 is 11.6 Å². The summed E-state index contributed by atoms with van der Waals surface area (Å²) in [5, 5.41) is 9.65. The largest absolute Gasteiger partial charge is 0.492 e. The molecular weight excluding hydrogens is 292 g/mol. The van der Waals surface area contributed by atoms with Crippen LogP contribution in [0, 0.1) is 0 Å². The minimum Gasteiger partial charge on any atom is -0.492 e. The number of rotatable bonds is 6. The maximum Gasteiger partial charge on any atom is 0.304 e. The number of hydrogen-bond acceptors (Lipinski definition) is 3. The first-order valence-electron chi connectivity index (χ1n) is 7.03. The van der Waals surface area contributed by atoms with Crippen LogP contribution in [0.2, 0.25) is 5.02 Å². The lowest BCUT2D eigenvalue weighted by Gasteiger charge is -2.25. The van der Waals surface area contributed by atoms with Gasteiger partial charge in [0.15, 0.2) is 11.5 Å². The fraction of sp³-hybridized carbons (Fsp3) is 0.562. The molecule has 0 saturated heterocycles. The molecule has 0 aliphatic heterocycles. The van der Waals surface area contributed by atoms with Crippen molar-refractivity contribution in [2.24, 2.45) is 0 Å². The number of methoxy groups -OCH3 is 2. The molecule has 1 aromatic rings. The van der Waals surface area contributed by atoms with Crippen molar-refractivity contribution < 1.29 is 19.4 Å². The molecule has 1 saturated carbocycles. The second-order valence-electron chi connectivity index (χ2n) is 5.89. The van der Waals surface area contributed by atoms with Crippen LogP contribution < -0.4 is 9.47 Å². The molecule has 0 bridgehead atoms. The maximum atomic E-state index is 11.2. The summed E-state index contributed by atoms with van der Waals surface area (Å²) in [4.78, 5) is 11.2. The molecule has 0 spiro atoms. The molecule has 0 unspecified atom stereocenters. The van der Waals surface area contributed by atoms with Crippen LogP contribution in [0.4, 0.5) is 0 Å². The molecule has 0 radical (unpaired) electrons. The topological polar surface area (TPSA) is 55.8 Å². The van der Waals surface area contributed by atoms with Gasteiger partial charge in [-0.25, -0.2) is 0 Å². The van der Waals surface area contributed by atoms with E-state index in [0.717, 1.165) is 24.0 Å². The zero-order valence-electron chi connectivity index (χ0n) is 12.8. The third-order valence-corrected chi connectivity index (χ3v) is 4.41. The molecule has 1 aromatic carbocycles. The second-order valence-corrected chi connectivity index (χ2v) is 6.30. The van der Waals surface area contributed by atoms with E-state index < -0.39 is 5.97 Å². The predicted molar refractivity (Wildman–Crippen MR) is 81.8 cm³/mol. The number of carboxylic acid groups (broad SMARTS) is 1. The van der Waals surface area contributed by atoms with E-state index in [1.54, 1.807) is 14.2 Å². The molecule has 2 rings (SSSR count). The average Bonchev–Trinajstić information content (AvgIpc) is 3.16. The zero-order valence-corrected chi connectivity index (χ0v) is 13.6. The smallest absolute Gasteiger partial charge is 0.304 e. The highest BCUT2D eigenvalue weighted by molar-refractivity contribution is 6.32. The van der Waals surface area contributed by atoms with E-state index in [2.05, 4.69) is 13.8 Å². The van der Waals surface area contributed by atoms with E-state index in [-0.39, 0.29) is 17.8 Å². The highest BCUT2D eigenvalue weighted by Crippen LogP contribution is 2.57. The summed E-state index contributed by atoms with van der Waals surface area (Å²) in [5.74, 6) is 0.532. The summed E-state index contributed by atoms with van der Waals surface area (Å²) in [6.45, 7) is 4.12. The summed E-state index contributed by atoms with van der Waals surface area (Å²) < 4.78 is 10.9. The first-order valence-corrected chi connectivity index (χ1v) is 7.40. The van der Waals surface area contributed by atoms with Gasteiger partial charge < -0.3 is 14.6 Å². The van der Waals surface area contributed by atoms with Crippen molar-refractivity contribution in [3.05, 3.63) is 22.2 Å². The van der Waals surface area contributed by atoms with Crippen molar-refractivity contribution >= 4 is 17.6 Å². The van der Waals surface area contributed by atoms with Crippen LogP contribution in [0.25, 0.3) is 0 Å². The highest BCUT2D eigenvalue weighted by Gasteiger charge is 2.48. The molecule has 1 aliphatic carbocycles. The minimum absolute atomic E-state index is 0.124. The Morgan fingerprint density at radius 3 is 2.29 bits per heavy atom. The lowest BCUT2D eigenvalue weighted by Crippen LogP contribution is -2.17. The Morgan fingerprint density at radius 1 is 1.33 bits per heavy atom. The van der Waals surface area contributed by atoms with Crippen molar-refractivity contribution in [2.75, 3.05) is 14.2 Å². The molecule has 1 fully saturated rings. The normalized spacial score (nSPS) is 15.9. The molecule has 0 aromatic heterocycles. The molecule has 116 valence electrons. The quantitative estimate of drug-likeness (QED) is 0.863. The molecule has 21 heavy (non-hydrogen) atoms. The number of aliphatic carboxylic acids is 1. The maximum absolute atomic E-state index is 11.2. The van der Waals surface area contributed by atoms with Crippen LogP contribution in [0.5, 0.6) is 11.5 Å². The molecular formula is C16H21ClO4. The standard InChI is InChI=1S/C16H21ClO4/c1-9(2)13-10(16(5-6-16)8-12(18)19)7-11(17)14(20-3)15(13)21-4/h7,9H,5-6,8H2,1-4H3,(H,18,19). The third kappa shape index (κ3) is 2.82. The van der Waals surface area contributed by atoms with E-state index in [0.29, 0.717) is 16.5 Å². The van der Waals surface area contributed by atoms with Crippen molar-refractivity contribution in [1.29, 1.82) is 0 Å². The average molecular weight is 313 g/mol. The first-order chi connectivity index (χ1) is 9.86. The van der Waals surface area contributed by atoms with Crippen LogP contribution in [0.15, 0.2) is 6.07 Å². The SMILES string of the molecule is COc1c(Cl)cc(C2(CC(=O)O)CC2)c(C(C)C)c1OC. The van der Waals surface area contributed by atoms with Crippen molar-refractivity contribution in [3.63, 3.8) is 0 Å². The molecule has 4 nitrogen and oxygen atoms in total. The predicted octanol–water partition coefficient (Wildman–Crippen LogP) is 3.99. The highest BCUT2D eigenvalue weighted by atomic mass is 35.5. The second kappa shape index (κ2) is 5.76. The molecule has 1 N–H and O–H groups in total. The molecule has 0 heterocycles. The van der Waals surface area contributed by atoms with Crippen LogP contribution in [0.1, 0.15) is 50.2 Å². The van der Waals surface area contributed by atoms with Gasteiger partial charge >= 0.3 is 5.97 Å². The van der Waals surface area contributed by atoms with Crippen LogP contribution in [-0.2, 0) is 10.2 Å². The van der Waals surface area contributed by atoms with Gasteiger partial charge in [-0.2, -0.15) is 0 Å². The van der Waals surface area contributed by atoms with Gasteiger partial charge in [0, 0.05) is 11.0 Å². The van der Waals surface area contributed by atoms with E-state index in [1.165, 1.54) is 0 Å². The number of halogens is 1. The van der Waals surface area contributed by atoms with E-state index in [9.17, 15) is 9.90 Å². The van der Waals surface area contributed by atoms with Gasteiger partial charge in [0.05, 0.1) is 25.7 Å². The molecule has 0 amide bonds. The van der Waals surface area contributed by atoms with Crippen LogP contribution in [0.3, 0.4) is 0 Å². The Balaban J connectivity index is 2.66. The van der Waals surface area contributed by atoms with Crippen molar-refractivity contribution in [3.8, 4) is 11.5 Å². The Hall–Kier alpha value is -1.42. The summed E-state index contributed by atoms with van der Waals surface area (Å²) in [7, 11) is 3.14. The van der Waals surface area contributed by atoms with Crippen molar-refractivity contribution in [2.45, 2.75) is 44.4 Å². The van der Waals surface area contributed by atoms with Gasteiger partial charge in [0.2, 0.25) is 0 Å². The lowest BCUT2D eigenvalue weighted by molar-refractivity contribution is -0.137. The van der Waals surface area contributed by atoms with Crippen LogP contribution in [-0.4, -0.2) is 25.3 Å². The van der Waals surface area contributed by atoms with Gasteiger partial charge in [-0.1, -0.05) is 25.4 Å². The van der Waals surface area contributed by atoms with E-state index in [1.807, 2.05) is 6.07 Å². The summed E-state index contributed by atoms with van der Waals surface area (Å²) in [5.41, 5.74) is 1.68. The van der Waals surface area contributed by atoms with Gasteiger partial charge in [0.25, 0.3) is 0 Å². The Bertz CT molecular complexity index is 562. The monoisotopic (exact) mass is 312 g/mol. The number of ether oxygens (including phenoxy) is 2. The Kier molecular flexibility index (Phi) is 4.38. The molecule has 5 heteroatoms. The Morgan fingerprint density at radius 2 is 1.90 bits per heavy atom. The minimum atomic E-state index is -0.784. The first kappa shape index (κ1) is 16.0. The molecule has 1 aliphatic rings. The van der Waals surface area contributed by atoms with Crippen molar-refractivity contribution in [1.82, 2.24) is 0 Å². The van der Waals surface area contributed by atoms with E-state index in [4.69, 9.17) is 21.1 Å². The summed E-state index contributed by atoms with van der Waals surface area (Å²) in [6, 6.07) is 1.86. The van der Waals surface area contributed by atoms with E-state index >= 15 is 0 Å². The van der Waals surface area contributed by atoms with Gasteiger partial charge in [-0.3, -0.25) is 4.79 Å². The van der Waals surface area contributed by atoms with Gasteiger partial charge in [0.1, 0.15) is 0 Å². The summed E-state index contributed by atoms with van der Waals surface area (Å²) in [6.07, 6.45) is 1.86. The number of hydrogen-bond donors (Lipinski definition) is 1. The summed E-state index contributed by atoms with van der Waals surface area (Å²) >= 11 is 6.31. The number of carbonyl (C=O) groups is 1.